The third kappa shape index (κ3) is 2.65. The molecule has 0 amide bonds. The predicted octanol–water partition coefficient (Wildman–Crippen LogP) is 2.60. The number of aromatic nitrogens is 3. The summed E-state index contributed by atoms with van der Waals surface area (Å²) < 4.78 is 5.14. The van der Waals surface area contributed by atoms with Gasteiger partial charge in [0.05, 0.1) is 12.8 Å². The lowest BCUT2D eigenvalue weighted by Gasteiger charge is -2.12. The molecule has 0 saturated carbocycles. The van der Waals surface area contributed by atoms with Crippen molar-refractivity contribution in [1.29, 1.82) is 0 Å². The number of anilines is 1. The number of nitrogens with zero attached hydrogens (tertiary/aromatic N) is 3. The molecule has 0 aliphatic rings. The maximum Gasteiger partial charge on any atom is 0.213 e. The van der Waals surface area contributed by atoms with Crippen LogP contribution in [-0.4, -0.2) is 28.8 Å². The van der Waals surface area contributed by atoms with E-state index in [-0.39, 0.29) is 0 Å². The van der Waals surface area contributed by atoms with Gasteiger partial charge in [0, 0.05) is 24.4 Å². The van der Waals surface area contributed by atoms with E-state index >= 15 is 0 Å². The molecule has 0 atom stereocenters. The maximum atomic E-state index is 5.14. The summed E-state index contributed by atoms with van der Waals surface area (Å²) in [4.78, 5) is 4.10. The Balaban J connectivity index is 2.48. The van der Waals surface area contributed by atoms with Crippen LogP contribution in [0.3, 0.4) is 0 Å². The summed E-state index contributed by atoms with van der Waals surface area (Å²) in [6, 6.07) is 3.77. The van der Waals surface area contributed by atoms with Crippen molar-refractivity contribution in [3.05, 3.63) is 29.5 Å². The normalized spacial score (nSPS) is 10.3. The number of ether oxygens (including phenoxy) is 1. The quantitative estimate of drug-likeness (QED) is 0.913. The molecule has 19 heavy (non-hydrogen) atoms. The average molecular weight is 258 g/mol. The summed E-state index contributed by atoms with van der Waals surface area (Å²) >= 11 is 0. The zero-order valence-electron chi connectivity index (χ0n) is 11.7. The minimum Gasteiger partial charge on any atom is -0.481 e. The molecule has 0 saturated heterocycles. The van der Waals surface area contributed by atoms with Gasteiger partial charge in [0.25, 0.3) is 0 Å². The molecule has 1 N–H and O–H groups in total. The third-order valence-electron chi connectivity index (χ3n) is 3.08. The highest BCUT2D eigenvalue weighted by atomic mass is 16.5. The molecule has 2 heterocycles. The van der Waals surface area contributed by atoms with E-state index in [0.717, 1.165) is 34.7 Å². The highest BCUT2D eigenvalue weighted by Crippen LogP contribution is 2.27. The second kappa shape index (κ2) is 5.65. The number of nitrogens with one attached hydrogen (secondary N) is 1. The molecule has 0 fully saturated rings. The van der Waals surface area contributed by atoms with Crippen LogP contribution < -0.4 is 10.1 Å². The Hall–Kier alpha value is -2.17. The lowest BCUT2D eigenvalue weighted by atomic mass is 10.0. The van der Waals surface area contributed by atoms with Crippen molar-refractivity contribution in [3.63, 3.8) is 0 Å². The monoisotopic (exact) mass is 258 g/mol. The fourth-order valence-electron chi connectivity index (χ4n) is 1.88. The van der Waals surface area contributed by atoms with Crippen LogP contribution in [0.1, 0.15) is 18.1 Å². The molecular weight excluding hydrogens is 240 g/mol. The molecule has 5 nitrogen and oxygen atoms in total. The van der Waals surface area contributed by atoms with Crippen LogP contribution >= 0.6 is 0 Å². The smallest absolute Gasteiger partial charge is 0.213 e. The van der Waals surface area contributed by atoms with E-state index < -0.39 is 0 Å². The first-order valence-electron chi connectivity index (χ1n) is 6.25. The summed E-state index contributed by atoms with van der Waals surface area (Å²) in [7, 11) is 1.60. The van der Waals surface area contributed by atoms with E-state index in [4.69, 9.17) is 4.74 Å². The van der Waals surface area contributed by atoms with Crippen LogP contribution in [-0.2, 0) is 0 Å². The van der Waals surface area contributed by atoms with Gasteiger partial charge in [-0.25, -0.2) is 4.98 Å². The Labute approximate surface area is 113 Å². The van der Waals surface area contributed by atoms with Gasteiger partial charge in [-0.05, 0) is 38.0 Å². The average Bonchev–Trinajstić information content (AvgIpc) is 2.44. The van der Waals surface area contributed by atoms with Crippen molar-refractivity contribution in [2.24, 2.45) is 0 Å². The lowest BCUT2D eigenvalue weighted by Crippen LogP contribution is -2.06. The van der Waals surface area contributed by atoms with Gasteiger partial charge in [-0.1, -0.05) is 0 Å². The van der Waals surface area contributed by atoms with Gasteiger partial charge in [0.15, 0.2) is 5.82 Å². The van der Waals surface area contributed by atoms with Crippen molar-refractivity contribution in [2.45, 2.75) is 20.8 Å². The van der Waals surface area contributed by atoms with E-state index in [1.54, 1.807) is 13.3 Å². The van der Waals surface area contributed by atoms with Gasteiger partial charge in [-0.2, -0.15) is 0 Å². The summed E-state index contributed by atoms with van der Waals surface area (Å²) in [5.41, 5.74) is 4.05. The van der Waals surface area contributed by atoms with E-state index in [1.807, 2.05) is 32.9 Å². The molecule has 5 heteroatoms. The molecule has 0 radical (unpaired) electrons. The molecule has 0 aliphatic carbocycles. The standard InChI is InChI=1S/C14H18N4O/c1-5-15-14-10(3)9(2)13(17-18-14)11-6-7-16-12(8-11)19-4/h6-8H,5H2,1-4H3,(H,15,18). The summed E-state index contributed by atoms with van der Waals surface area (Å²) in [5.74, 6) is 1.41. The Morgan fingerprint density at radius 2 is 2.00 bits per heavy atom. The Morgan fingerprint density at radius 1 is 1.21 bits per heavy atom. The second-order valence-electron chi connectivity index (χ2n) is 4.26. The van der Waals surface area contributed by atoms with Crippen molar-refractivity contribution >= 4 is 5.82 Å². The van der Waals surface area contributed by atoms with Gasteiger partial charge < -0.3 is 10.1 Å². The van der Waals surface area contributed by atoms with E-state index in [9.17, 15) is 0 Å². The molecule has 0 unspecified atom stereocenters. The number of rotatable bonds is 4. The van der Waals surface area contributed by atoms with Crippen molar-refractivity contribution in [1.82, 2.24) is 15.2 Å². The number of pyridine rings is 1. The van der Waals surface area contributed by atoms with Gasteiger partial charge in [-0.3, -0.25) is 0 Å². The van der Waals surface area contributed by atoms with Crippen molar-refractivity contribution in [2.75, 3.05) is 19.0 Å². The zero-order chi connectivity index (χ0) is 13.8. The number of methoxy groups -OCH3 is 1. The molecule has 2 rings (SSSR count). The summed E-state index contributed by atoms with van der Waals surface area (Å²) in [6.45, 7) is 6.96. The van der Waals surface area contributed by atoms with Crippen LogP contribution in [0, 0.1) is 13.8 Å². The topological polar surface area (TPSA) is 59.9 Å². The first-order chi connectivity index (χ1) is 9.17. The third-order valence-corrected chi connectivity index (χ3v) is 3.08. The summed E-state index contributed by atoms with van der Waals surface area (Å²) in [6.07, 6.45) is 1.71. The molecule has 2 aromatic heterocycles. The first kappa shape index (κ1) is 13.3. The maximum absolute atomic E-state index is 5.14. The predicted molar refractivity (Wildman–Crippen MR) is 75.5 cm³/mol. The van der Waals surface area contributed by atoms with Crippen LogP contribution in [0.15, 0.2) is 18.3 Å². The van der Waals surface area contributed by atoms with Gasteiger partial charge in [-0.15, -0.1) is 10.2 Å². The zero-order valence-corrected chi connectivity index (χ0v) is 11.7. The molecule has 0 aromatic carbocycles. The molecule has 0 bridgehead atoms. The summed E-state index contributed by atoms with van der Waals surface area (Å²) in [5, 5.41) is 11.8. The van der Waals surface area contributed by atoms with Crippen LogP contribution in [0.5, 0.6) is 5.88 Å². The Bertz CT molecular complexity index is 584. The molecule has 100 valence electrons. The lowest BCUT2D eigenvalue weighted by molar-refractivity contribution is 0.398. The van der Waals surface area contributed by atoms with E-state index in [2.05, 4.69) is 20.5 Å². The van der Waals surface area contributed by atoms with Gasteiger partial charge in [0.2, 0.25) is 5.88 Å². The molecular formula is C14H18N4O. The highest BCUT2D eigenvalue weighted by Gasteiger charge is 2.11. The second-order valence-corrected chi connectivity index (χ2v) is 4.26. The largest absolute Gasteiger partial charge is 0.481 e. The Morgan fingerprint density at radius 3 is 2.68 bits per heavy atom. The fraction of sp³-hybridized carbons (Fsp3) is 0.357. The SMILES string of the molecule is CCNc1nnc(-c2ccnc(OC)c2)c(C)c1C. The van der Waals surface area contributed by atoms with E-state index in [1.165, 1.54) is 0 Å². The van der Waals surface area contributed by atoms with Crippen molar-refractivity contribution in [3.8, 4) is 17.1 Å². The van der Waals surface area contributed by atoms with Gasteiger partial charge >= 0.3 is 0 Å². The van der Waals surface area contributed by atoms with Crippen LogP contribution in [0.2, 0.25) is 0 Å². The minimum absolute atomic E-state index is 0.576. The fourth-order valence-corrected chi connectivity index (χ4v) is 1.88. The van der Waals surface area contributed by atoms with Crippen molar-refractivity contribution < 1.29 is 4.74 Å². The molecule has 0 aliphatic heterocycles. The molecule has 2 aromatic rings. The van der Waals surface area contributed by atoms with Crippen LogP contribution in [0.25, 0.3) is 11.3 Å². The first-order valence-corrected chi connectivity index (χ1v) is 6.25. The number of hydrogen-bond acceptors (Lipinski definition) is 5. The van der Waals surface area contributed by atoms with Gasteiger partial charge in [0.1, 0.15) is 0 Å². The molecule has 0 spiro atoms. The van der Waals surface area contributed by atoms with Crippen LogP contribution in [0.4, 0.5) is 5.82 Å². The number of hydrogen-bond donors (Lipinski definition) is 1. The minimum atomic E-state index is 0.576. The Kier molecular flexibility index (Phi) is 3.94. The van der Waals surface area contributed by atoms with E-state index in [0.29, 0.717) is 5.88 Å². The highest BCUT2D eigenvalue weighted by molar-refractivity contribution is 5.66.